The number of nitrogens with zero attached hydrogens (tertiary/aromatic N) is 3. The number of thiazole rings is 1. The zero-order valence-corrected chi connectivity index (χ0v) is 26.8. The van der Waals surface area contributed by atoms with Crippen LogP contribution in [-0.2, 0) is 6.54 Å². The first kappa shape index (κ1) is 28.5. The molecule has 3 nitrogen and oxygen atoms in total. The van der Waals surface area contributed by atoms with Gasteiger partial charge in [0.2, 0.25) is 5.52 Å². The van der Waals surface area contributed by atoms with Crippen molar-refractivity contribution in [1.82, 2.24) is 4.90 Å². The van der Waals surface area contributed by atoms with Crippen molar-refractivity contribution in [1.29, 1.82) is 0 Å². The van der Waals surface area contributed by atoms with Crippen molar-refractivity contribution >= 4 is 45.1 Å². The summed E-state index contributed by atoms with van der Waals surface area (Å²) in [7, 11) is 0. The summed E-state index contributed by atoms with van der Waals surface area (Å²) in [5.74, 6) is 0. The number of piperidine rings is 1. The standard InChI is InChI=1S/C33H38N3S2.HI/c1-3-35-27-15-6-8-17-29(27)37-31(35)21-19-25-13-12-14-26(33(25)34-23-10-5-11-24-34)20-22-32-36(4-2)28-16-7-9-18-30(28)38-32;/h6-9,15-22H,3-5,10-14,23-24H2,1-2H3;1H/q+1;/p-1. The third-order valence-corrected chi connectivity index (χ3v) is 10.2. The van der Waals surface area contributed by atoms with Gasteiger partial charge in [-0.1, -0.05) is 53.4 Å². The van der Waals surface area contributed by atoms with Crippen LogP contribution in [0.25, 0.3) is 16.3 Å². The topological polar surface area (TPSA) is 10.4 Å². The lowest BCUT2D eigenvalue weighted by Crippen LogP contribution is -3.00. The summed E-state index contributed by atoms with van der Waals surface area (Å²) >= 11 is 3.81. The fraction of sp³-hybridized carbons (Fsp3) is 0.364. The summed E-state index contributed by atoms with van der Waals surface area (Å²) < 4.78 is 3.82. The number of aromatic nitrogens is 1. The van der Waals surface area contributed by atoms with Crippen molar-refractivity contribution in [3.05, 3.63) is 93.6 Å². The quantitative estimate of drug-likeness (QED) is 0.253. The van der Waals surface area contributed by atoms with E-state index in [9.17, 15) is 0 Å². The summed E-state index contributed by atoms with van der Waals surface area (Å²) in [6.07, 6.45) is 17.2. The molecule has 0 spiro atoms. The third-order valence-electron chi connectivity index (χ3n) is 7.93. The molecule has 1 aromatic heterocycles. The van der Waals surface area contributed by atoms with E-state index in [0.29, 0.717) is 0 Å². The number of benzene rings is 2. The molecule has 3 heterocycles. The Kier molecular flexibility index (Phi) is 9.56. The van der Waals surface area contributed by atoms with Crippen molar-refractivity contribution in [3.8, 4) is 0 Å². The second kappa shape index (κ2) is 13.1. The molecule has 3 aromatic rings. The van der Waals surface area contributed by atoms with Crippen molar-refractivity contribution in [2.45, 2.75) is 63.8 Å². The van der Waals surface area contributed by atoms with E-state index in [2.05, 4.69) is 101 Å². The number of likely N-dealkylation sites (tertiary alicyclic amines) is 1. The van der Waals surface area contributed by atoms with Crippen molar-refractivity contribution < 1.29 is 28.5 Å². The Hall–Kier alpha value is -2.03. The minimum atomic E-state index is 0. The SMILES string of the molecule is CCN1/C(=C/C=C2\CCCC(/C=C/c3sc4ccccc4[n+]3CC)=C2N2CCCCC2)Sc2ccccc21.[I-]. The van der Waals surface area contributed by atoms with Crippen LogP contribution < -0.4 is 33.4 Å². The fourth-order valence-corrected chi connectivity index (χ4v) is 8.37. The Morgan fingerprint density at radius 3 is 2.49 bits per heavy atom. The first-order valence-electron chi connectivity index (χ1n) is 14.3. The molecule has 3 aliphatic rings. The second-order valence-corrected chi connectivity index (χ2v) is 12.4. The summed E-state index contributed by atoms with van der Waals surface area (Å²) in [6, 6.07) is 17.6. The van der Waals surface area contributed by atoms with Crippen LogP contribution in [0.2, 0.25) is 0 Å². The van der Waals surface area contributed by atoms with E-state index >= 15 is 0 Å². The monoisotopic (exact) mass is 667 g/mol. The second-order valence-electron chi connectivity index (χ2n) is 10.3. The number of halogens is 1. The highest BCUT2D eigenvalue weighted by atomic mass is 127. The highest BCUT2D eigenvalue weighted by Crippen LogP contribution is 2.46. The van der Waals surface area contributed by atoms with Gasteiger partial charge in [0.1, 0.15) is 11.2 Å². The lowest BCUT2D eigenvalue weighted by molar-refractivity contribution is -0.665. The van der Waals surface area contributed by atoms with E-state index in [1.807, 2.05) is 23.1 Å². The molecule has 0 bridgehead atoms. The zero-order valence-electron chi connectivity index (χ0n) is 23.0. The van der Waals surface area contributed by atoms with E-state index < -0.39 is 0 Å². The number of hydrogen-bond donors (Lipinski definition) is 0. The molecular formula is C33H38IN3S2. The van der Waals surface area contributed by atoms with Crippen LogP contribution in [0.15, 0.2) is 93.5 Å². The lowest BCUT2D eigenvalue weighted by Gasteiger charge is -2.36. The van der Waals surface area contributed by atoms with Crippen LogP contribution in [-0.4, -0.2) is 24.5 Å². The maximum absolute atomic E-state index is 2.69. The average Bonchev–Trinajstić information content (AvgIpc) is 3.52. The molecule has 39 heavy (non-hydrogen) atoms. The average molecular weight is 668 g/mol. The smallest absolute Gasteiger partial charge is 0.262 e. The summed E-state index contributed by atoms with van der Waals surface area (Å²) in [4.78, 5) is 6.51. The summed E-state index contributed by atoms with van der Waals surface area (Å²) in [5, 5.41) is 2.69. The number of fused-ring (bicyclic) bond motifs is 2. The van der Waals surface area contributed by atoms with Crippen LogP contribution >= 0.6 is 23.1 Å². The predicted molar refractivity (Wildman–Crippen MR) is 165 cm³/mol. The number of hydrogen-bond acceptors (Lipinski definition) is 4. The van der Waals surface area contributed by atoms with E-state index in [1.54, 1.807) is 0 Å². The van der Waals surface area contributed by atoms with Gasteiger partial charge in [0.05, 0.1) is 10.7 Å². The van der Waals surface area contributed by atoms with Crippen LogP contribution in [0.3, 0.4) is 0 Å². The Morgan fingerprint density at radius 2 is 1.67 bits per heavy atom. The maximum atomic E-state index is 2.69. The van der Waals surface area contributed by atoms with Crippen LogP contribution in [0.4, 0.5) is 5.69 Å². The van der Waals surface area contributed by atoms with Crippen molar-refractivity contribution in [3.63, 3.8) is 0 Å². The molecule has 204 valence electrons. The number of para-hydroxylation sites is 2. The molecule has 0 amide bonds. The van der Waals surface area contributed by atoms with Crippen molar-refractivity contribution in [2.75, 3.05) is 24.5 Å². The molecule has 1 aliphatic carbocycles. The number of aryl methyl sites for hydroxylation is 1. The highest BCUT2D eigenvalue weighted by Gasteiger charge is 2.25. The molecule has 0 N–H and O–H groups in total. The number of anilines is 1. The Morgan fingerprint density at radius 1 is 0.872 bits per heavy atom. The fourth-order valence-electron chi connectivity index (χ4n) is 6.11. The molecule has 0 radical (unpaired) electrons. The molecule has 1 saturated heterocycles. The molecule has 6 rings (SSSR count). The van der Waals surface area contributed by atoms with Gasteiger partial charge < -0.3 is 33.8 Å². The maximum Gasteiger partial charge on any atom is 0.262 e. The van der Waals surface area contributed by atoms with Gasteiger partial charge >= 0.3 is 0 Å². The zero-order chi connectivity index (χ0) is 25.9. The lowest BCUT2D eigenvalue weighted by atomic mass is 9.89. The van der Waals surface area contributed by atoms with E-state index in [0.717, 1.165) is 25.9 Å². The largest absolute Gasteiger partial charge is 1.00 e. The molecule has 2 aliphatic heterocycles. The number of allylic oxidation sites excluding steroid dienone is 5. The third kappa shape index (κ3) is 5.89. The minimum absolute atomic E-state index is 0. The number of thioether (sulfide) groups is 1. The van der Waals surface area contributed by atoms with Crippen LogP contribution in [0.1, 0.15) is 57.4 Å². The summed E-state index contributed by atoms with van der Waals surface area (Å²) in [5.41, 5.74) is 7.22. The van der Waals surface area contributed by atoms with E-state index in [-0.39, 0.29) is 24.0 Å². The minimum Gasteiger partial charge on any atom is -1.00 e. The summed E-state index contributed by atoms with van der Waals surface area (Å²) in [6.45, 7) is 8.86. The van der Waals surface area contributed by atoms with Gasteiger partial charge in [-0.05, 0) is 93.9 Å². The molecule has 0 unspecified atom stereocenters. The van der Waals surface area contributed by atoms with Gasteiger partial charge in [0, 0.05) is 42.4 Å². The van der Waals surface area contributed by atoms with Gasteiger partial charge in [-0.2, -0.15) is 4.57 Å². The molecule has 6 heteroatoms. The Bertz CT molecular complexity index is 1440. The van der Waals surface area contributed by atoms with Gasteiger partial charge in [0.25, 0.3) is 5.01 Å². The Balaban J connectivity index is 0.00000308. The van der Waals surface area contributed by atoms with E-state index in [1.165, 1.54) is 86.5 Å². The molecular weight excluding hydrogens is 629 g/mol. The molecule has 0 atom stereocenters. The van der Waals surface area contributed by atoms with Gasteiger partial charge in [-0.15, -0.1) is 0 Å². The normalized spacial score (nSPS) is 19.9. The van der Waals surface area contributed by atoms with Crippen LogP contribution in [0.5, 0.6) is 0 Å². The molecule has 2 aromatic carbocycles. The van der Waals surface area contributed by atoms with Gasteiger partial charge in [-0.3, -0.25) is 0 Å². The van der Waals surface area contributed by atoms with Gasteiger partial charge in [-0.25, -0.2) is 0 Å². The first-order chi connectivity index (χ1) is 18.8. The van der Waals surface area contributed by atoms with E-state index in [4.69, 9.17) is 0 Å². The Labute approximate surface area is 259 Å². The molecule has 0 saturated carbocycles. The predicted octanol–water partition coefficient (Wildman–Crippen LogP) is 5.55. The van der Waals surface area contributed by atoms with Crippen LogP contribution in [0, 0.1) is 0 Å². The highest BCUT2D eigenvalue weighted by molar-refractivity contribution is 8.03. The first-order valence-corrected chi connectivity index (χ1v) is 15.9. The van der Waals surface area contributed by atoms with Gasteiger partial charge in [0.15, 0.2) is 0 Å². The van der Waals surface area contributed by atoms with Crippen molar-refractivity contribution in [2.24, 2.45) is 0 Å². The molecule has 1 fully saturated rings. The number of rotatable bonds is 6.